The third-order valence-corrected chi connectivity index (χ3v) is 3.62. The van der Waals surface area contributed by atoms with Crippen LogP contribution in [0, 0.1) is 0 Å². The second-order valence-corrected chi connectivity index (χ2v) is 5.49. The summed E-state index contributed by atoms with van der Waals surface area (Å²) in [6.07, 6.45) is 7.10. The van der Waals surface area contributed by atoms with Gasteiger partial charge in [0.15, 0.2) is 5.11 Å². The first kappa shape index (κ1) is 16.7. The van der Waals surface area contributed by atoms with Crippen LogP contribution in [-0.2, 0) is 0 Å². The first-order chi connectivity index (χ1) is 12.3. The van der Waals surface area contributed by atoms with Gasteiger partial charge in [0.25, 0.3) is 0 Å². The standard InChI is InChI=1S/C18H17N5OS/c1-24-17-5-3-2-4-16(17)21-18(25)22-20-12-14-6-8-15(9-7-14)23-11-10-19-13-23/h2-13H,1H3,(H2,21,22,25). The number of nitrogens with zero attached hydrogens (tertiary/aromatic N) is 3. The van der Waals surface area contributed by atoms with E-state index in [9.17, 15) is 0 Å². The van der Waals surface area contributed by atoms with E-state index >= 15 is 0 Å². The number of nitrogens with one attached hydrogen (secondary N) is 2. The summed E-state index contributed by atoms with van der Waals surface area (Å²) in [5.74, 6) is 0.714. The van der Waals surface area contributed by atoms with Crippen molar-refractivity contribution in [2.45, 2.75) is 0 Å². The van der Waals surface area contributed by atoms with Crippen molar-refractivity contribution >= 4 is 29.2 Å². The molecule has 126 valence electrons. The van der Waals surface area contributed by atoms with E-state index in [2.05, 4.69) is 20.8 Å². The van der Waals surface area contributed by atoms with E-state index in [1.807, 2.05) is 59.3 Å². The van der Waals surface area contributed by atoms with Crippen LogP contribution in [0.25, 0.3) is 5.69 Å². The first-order valence-corrected chi connectivity index (χ1v) is 7.98. The highest BCUT2D eigenvalue weighted by atomic mass is 32.1. The summed E-state index contributed by atoms with van der Waals surface area (Å²) in [5.41, 5.74) is 5.57. The summed E-state index contributed by atoms with van der Waals surface area (Å²) < 4.78 is 7.20. The van der Waals surface area contributed by atoms with Crippen molar-refractivity contribution in [1.29, 1.82) is 0 Å². The van der Waals surface area contributed by atoms with Gasteiger partial charge in [0.1, 0.15) is 5.75 Å². The number of hydrazone groups is 1. The molecule has 0 amide bonds. The van der Waals surface area contributed by atoms with Crippen LogP contribution in [0.5, 0.6) is 5.75 Å². The Morgan fingerprint density at radius 2 is 2.00 bits per heavy atom. The van der Waals surface area contributed by atoms with Crippen LogP contribution in [0.2, 0.25) is 0 Å². The molecule has 0 aliphatic carbocycles. The van der Waals surface area contributed by atoms with Crippen LogP contribution < -0.4 is 15.5 Å². The molecule has 0 fully saturated rings. The molecule has 25 heavy (non-hydrogen) atoms. The van der Waals surface area contributed by atoms with E-state index < -0.39 is 0 Å². The van der Waals surface area contributed by atoms with Crippen molar-refractivity contribution in [3.8, 4) is 11.4 Å². The van der Waals surface area contributed by atoms with Gasteiger partial charge >= 0.3 is 0 Å². The average molecular weight is 351 g/mol. The SMILES string of the molecule is COc1ccccc1NC(=S)NN=Cc1ccc(-n2ccnc2)cc1. The maximum atomic E-state index is 5.27. The van der Waals surface area contributed by atoms with Gasteiger partial charge in [0, 0.05) is 18.1 Å². The lowest BCUT2D eigenvalue weighted by atomic mass is 10.2. The smallest absolute Gasteiger partial charge is 0.191 e. The van der Waals surface area contributed by atoms with Gasteiger partial charge in [-0.25, -0.2) is 4.98 Å². The minimum absolute atomic E-state index is 0.385. The molecule has 0 aliphatic rings. The number of anilines is 1. The Morgan fingerprint density at radius 3 is 2.72 bits per heavy atom. The van der Waals surface area contributed by atoms with E-state index in [1.54, 1.807) is 25.8 Å². The summed E-state index contributed by atoms with van der Waals surface area (Å²) >= 11 is 5.23. The van der Waals surface area contributed by atoms with Gasteiger partial charge < -0.3 is 14.6 Å². The normalized spacial score (nSPS) is 10.6. The number of thiocarbonyl (C=S) groups is 1. The number of methoxy groups -OCH3 is 1. The van der Waals surface area contributed by atoms with E-state index in [-0.39, 0.29) is 0 Å². The lowest BCUT2D eigenvalue weighted by molar-refractivity contribution is 0.417. The number of hydrogen-bond donors (Lipinski definition) is 2. The van der Waals surface area contributed by atoms with Gasteiger partial charge in [0.2, 0.25) is 0 Å². The zero-order valence-electron chi connectivity index (χ0n) is 13.6. The van der Waals surface area contributed by atoms with Crippen LogP contribution in [0.15, 0.2) is 72.4 Å². The predicted molar refractivity (Wildman–Crippen MR) is 104 cm³/mol. The number of benzene rings is 2. The molecule has 2 aromatic carbocycles. The fraction of sp³-hybridized carbons (Fsp3) is 0.0556. The molecule has 3 aromatic rings. The fourth-order valence-corrected chi connectivity index (χ4v) is 2.37. The Labute approximate surface area is 151 Å². The molecule has 6 nitrogen and oxygen atoms in total. The molecule has 0 saturated heterocycles. The van der Waals surface area contributed by atoms with Crippen LogP contribution in [0.1, 0.15) is 5.56 Å². The molecule has 2 N–H and O–H groups in total. The summed E-state index contributed by atoms with van der Waals surface area (Å²) in [6, 6.07) is 15.5. The van der Waals surface area contributed by atoms with E-state index in [4.69, 9.17) is 17.0 Å². The van der Waals surface area contributed by atoms with Crippen LogP contribution >= 0.6 is 12.2 Å². The van der Waals surface area contributed by atoms with Crippen molar-refractivity contribution in [1.82, 2.24) is 15.0 Å². The Balaban J connectivity index is 1.56. The third-order valence-electron chi connectivity index (χ3n) is 3.43. The monoisotopic (exact) mass is 351 g/mol. The van der Waals surface area contributed by atoms with Crippen molar-refractivity contribution in [3.63, 3.8) is 0 Å². The average Bonchev–Trinajstić information content (AvgIpc) is 3.17. The van der Waals surface area contributed by atoms with E-state index in [1.165, 1.54) is 0 Å². The van der Waals surface area contributed by atoms with Crippen molar-refractivity contribution in [3.05, 3.63) is 72.8 Å². The largest absolute Gasteiger partial charge is 0.495 e. The molecule has 0 spiro atoms. The number of ether oxygens (including phenoxy) is 1. The molecule has 0 unspecified atom stereocenters. The van der Waals surface area contributed by atoms with Crippen molar-refractivity contribution in [2.75, 3.05) is 12.4 Å². The highest BCUT2D eigenvalue weighted by Gasteiger charge is 2.02. The zero-order valence-corrected chi connectivity index (χ0v) is 14.4. The molecule has 7 heteroatoms. The molecule has 0 saturated carbocycles. The summed E-state index contributed by atoms with van der Waals surface area (Å²) in [6.45, 7) is 0. The number of para-hydroxylation sites is 2. The Morgan fingerprint density at radius 1 is 1.20 bits per heavy atom. The quantitative estimate of drug-likeness (QED) is 0.420. The van der Waals surface area contributed by atoms with Gasteiger partial charge in [-0.05, 0) is 42.0 Å². The number of hydrogen-bond acceptors (Lipinski definition) is 4. The zero-order chi connectivity index (χ0) is 17.5. The van der Waals surface area contributed by atoms with E-state index in [0.717, 1.165) is 16.9 Å². The molecular weight excluding hydrogens is 334 g/mol. The van der Waals surface area contributed by atoms with Crippen molar-refractivity contribution in [2.24, 2.45) is 5.10 Å². The highest BCUT2D eigenvalue weighted by molar-refractivity contribution is 7.80. The predicted octanol–water partition coefficient (Wildman–Crippen LogP) is 3.20. The van der Waals surface area contributed by atoms with Crippen LogP contribution in [0.4, 0.5) is 5.69 Å². The Kier molecular flexibility index (Phi) is 5.38. The Hall–Kier alpha value is -3.19. The number of rotatable bonds is 5. The maximum Gasteiger partial charge on any atom is 0.191 e. The van der Waals surface area contributed by atoms with Crippen molar-refractivity contribution < 1.29 is 4.74 Å². The van der Waals surface area contributed by atoms with Gasteiger partial charge in [0.05, 0.1) is 25.3 Å². The summed E-state index contributed by atoms with van der Waals surface area (Å²) in [5, 5.41) is 7.58. The molecule has 0 radical (unpaired) electrons. The molecule has 1 heterocycles. The molecule has 0 aliphatic heterocycles. The Bertz CT molecular complexity index is 859. The van der Waals surface area contributed by atoms with Crippen LogP contribution in [-0.4, -0.2) is 28.0 Å². The molecule has 0 bridgehead atoms. The molecule has 3 rings (SSSR count). The fourth-order valence-electron chi connectivity index (χ4n) is 2.21. The number of imidazole rings is 1. The van der Waals surface area contributed by atoms with Gasteiger partial charge in [-0.1, -0.05) is 24.3 Å². The second-order valence-electron chi connectivity index (χ2n) is 5.09. The summed E-state index contributed by atoms with van der Waals surface area (Å²) in [7, 11) is 1.61. The maximum absolute atomic E-state index is 5.27. The molecular formula is C18H17N5OS. The molecule has 0 atom stereocenters. The first-order valence-electron chi connectivity index (χ1n) is 7.58. The summed E-state index contributed by atoms with van der Waals surface area (Å²) in [4.78, 5) is 4.03. The lowest BCUT2D eigenvalue weighted by Gasteiger charge is -2.10. The van der Waals surface area contributed by atoms with Gasteiger partial charge in [-0.2, -0.15) is 5.10 Å². The lowest BCUT2D eigenvalue weighted by Crippen LogP contribution is -2.24. The molecule has 1 aromatic heterocycles. The highest BCUT2D eigenvalue weighted by Crippen LogP contribution is 2.22. The van der Waals surface area contributed by atoms with E-state index in [0.29, 0.717) is 10.9 Å². The third kappa shape index (κ3) is 4.42. The number of aromatic nitrogens is 2. The van der Waals surface area contributed by atoms with Crippen LogP contribution in [0.3, 0.4) is 0 Å². The minimum atomic E-state index is 0.385. The van der Waals surface area contributed by atoms with Gasteiger partial charge in [-0.15, -0.1) is 0 Å². The minimum Gasteiger partial charge on any atom is -0.495 e. The topological polar surface area (TPSA) is 63.5 Å². The van der Waals surface area contributed by atoms with Gasteiger partial charge in [-0.3, -0.25) is 5.43 Å². The second kappa shape index (κ2) is 8.07.